The molecule has 2 fully saturated rings. The number of carbonyl (C=O) groups is 1. The van der Waals surface area contributed by atoms with Crippen LogP contribution in [0.15, 0.2) is 0 Å². The van der Waals surface area contributed by atoms with E-state index in [-0.39, 0.29) is 5.92 Å². The molecule has 0 radical (unpaired) electrons. The normalized spacial score (nSPS) is 50.5. The maximum Gasteiger partial charge on any atom is 0.324 e. The summed E-state index contributed by atoms with van der Waals surface area (Å²) in [6.07, 6.45) is 0.139. The summed E-state index contributed by atoms with van der Waals surface area (Å²) >= 11 is 0. The predicted octanol–water partition coefficient (Wildman–Crippen LogP) is -1.21. The van der Waals surface area contributed by atoms with E-state index >= 15 is 0 Å². The van der Waals surface area contributed by atoms with Gasteiger partial charge in [0, 0.05) is 12.5 Å². The lowest BCUT2D eigenvalue weighted by Gasteiger charge is -2.04. The van der Waals surface area contributed by atoms with Crippen LogP contribution in [-0.4, -0.2) is 34.4 Å². The fourth-order valence-electron chi connectivity index (χ4n) is 1.71. The van der Waals surface area contributed by atoms with Gasteiger partial charge in [-0.2, -0.15) is 0 Å². The first-order valence-electron chi connectivity index (χ1n) is 3.33. The molecule has 0 bridgehead atoms. The van der Waals surface area contributed by atoms with E-state index < -0.39 is 17.6 Å². The molecule has 3 unspecified atom stereocenters. The van der Waals surface area contributed by atoms with Crippen LogP contribution < -0.4 is 5.32 Å². The highest BCUT2D eigenvalue weighted by Gasteiger charge is 2.67. The van der Waals surface area contributed by atoms with Crippen molar-refractivity contribution in [1.82, 2.24) is 5.32 Å². The highest BCUT2D eigenvalue weighted by Crippen LogP contribution is 2.49. The lowest BCUT2D eigenvalue weighted by molar-refractivity contribution is -0.140. The Kier molecular flexibility index (Phi) is 0.928. The first kappa shape index (κ1) is 6.12. The van der Waals surface area contributed by atoms with Gasteiger partial charge in [-0.15, -0.1) is 0 Å². The van der Waals surface area contributed by atoms with Gasteiger partial charge in [0.2, 0.25) is 0 Å². The number of hydrogen-bond acceptors (Lipinski definition) is 3. The molecule has 0 aromatic rings. The summed E-state index contributed by atoms with van der Waals surface area (Å²) in [6.45, 7) is 0.428. The summed E-state index contributed by atoms with van der Waals surface area (Å²) in [4.78, 5) is 10.5. The molecule has 56 valence electrons. The van der Waals surface area contributed by atoms with Gasteiger partial charge in [-0.25, -0.2) is 0 Å². The molecule has 2 rings (SSSR count). The SMILES string of the molecule is O=C(O)C12CC1C(O)CN2. The first-order valence-corrected chi connectivity index (χ1v) is 3.33. The molecular weight excluding hydrogens is 134 g/mol. The third-order valence-electron chi connectivity index (χ3n) is 2.49. The Labute approximate surface area is 57.9 Å². The van der Waals surface area contributed by atoms with E-state index in [2.05, 4.69) is 5.32 Å². The zero-order valence-corrected chi connectivity index (χ0v) is 5.37. The van der Waals surface area contributed by atoms with Crippen LogP contribution in [0.5, 0.6) is 0 Å². The molecule has 3 N–H and O–H groups in total. The number of hydrogen-bond donors (Lipinski definition) is 3. The second-order valence-corrected chi connectivity index (χ2v) is 3.04. The van der Waals surface area contributed by atoms with Gasteiger partial charge in [0.05, 0.1) is 6.10 Å². The number of β-amino-alcohol motifs (C(OH)–C–C–N with tert-alkyl or cyclic N) is 1. The van der Waals surface area contributed by atoms with E-state index in [1.807, 2.05) is 0 Å². The van der Waals surface area contributed by atoms with Crippen molar-refractivity contribution in [3.8, 4) is 0 Å². The van der Waals surface area contributed by atoms with Crippen LogP contribution in [-0.2, 0) is 4.79 Å². The van der Waals surface area contributed by atoms with Gasteiger partial charge in [-0.3, -0.25) is 10.1 Å². The molecule has 0 aromatic heterocycles. The molecule has 4 nitrogen and oxygen atoms in total. The van der Waals surface area contributed by atoms with E-state index in [4.69, 9.17) is 10.2 Å². The van der Waals surface area contributed by atoms with E-state index in [1.54, 1.807) is 0 Å². The van der Waals surface area contributed by atoms with Gasteiger partial charge in [0.1, 0.15) is 5.54 Å². The molecule has 1 saturated heterocycles. The molecule has 1 aliphatic carbocycles. The second kappa shape index (κ2) is 1.52. The lowest BCUT2D eigenvalue weighted by Crippen LogP contribution is -2.36. The Hall–Kier alpha value is -0.610. The van der Waals surface area contributed by atoms with Crippen molar-refractivity contribution in [1.29, 1.82) is 0 Å². The van der Waals surface area contributed by atoms with Gasteiger partial charge in [-0.05, 0) is 6.42 Å². The molecule has 1 aliphatic heterocycles. The topological polar surface area (TPSA) is 69.6 Å². The van der Waals surface area contributed by atoms with Crippen molar-refractivity contribution in [2.24, 2.45) is 5.92 Å². The highest BCUT2D eigenvalue weighted by molar-refractivity contribution is 5.84. The number of nitrogens with one attached hydrogen (secondary N) is 1. The van der Waals surface area contributed by atoms with Crippen molar-refractivity contribution in [3.05, 3.63) is 0 Å². The molecule has 0 aromatic carbocycles. The third-order valence-corrected chi connectivity index (χ3v) is 2.49. The summed E-state index contributed by atoms with van der Waals surface area (Å²) in [5.74, 6) is -0.862. The average molecular weight is 143 g/mol. The maximum absolute atomic E-state index is 10.5. The maximum atomic E-state index is 10.5. The van der Waals surface area contributed by atoms with Crippen molar-refractivity contribution < 1.29 is 15.0 Å². The molecule has 0 amide bonds. The zero-order valence-electron chi connectivity index (χ0n) is 5.37. The van der Waals surface area contributed by atoms with Crippen LogP contribution in [0.3, 0.4) is 0 Å². The molecule has 0 spiro atoms. The number of aliphatic hydroxyl groups excluding tert-OH is 1. The van der Waals surface area contributed by atoms with Crippen molar-refractivity contribution in [2.45, 2.75) is 18.1 Å². The van der Waals surface area contributed by atoms with Gasteiger partial charge in [0.25, 0.3) is 0 Å². The van der Waals surface area contributed by atoms with E-state index in [9.17, 15) is 4.79 Å². The fraction of sp³-hybridized carbons (Fsp3) is 0.833. The van der Waals surface area contributed by atoms with Gasteiger partial charge >= 0.3 is 5.97 Å². The molecule has 1 heterocycles. The van der Waals surface area contributed by atoms with Crippen molar-refractivity contribution >= 4 is 5.97 Å². The number of piperidine rings is 1. The number of fused-ring (bicyclic) bond motifs is 1. The molecule has 3 atom stereocenters. The molecule has 4 heteroatoms. The predicted molar refractivity (Wildman–Crippen MR) is 32.5 cm³/mol. The number of carboxylic acid groups (broad SMARTS) is 1. The largest absolute Gasteiger partial charge is 0.480 e. The lowest BCUT2D eigenvalue weighted by atomic mass is 10.2. The van der Waals surface area contributed by atoms with E-state index in [0.29, 0.717) is 13.0 Å². The standard InChI is InChI=1S/C6H9NO3/c8-4-2-7-6(5(9)10)1-3(4)6/h3-4,7-8H,1-2H2,(H,9,10). The highest BCUT2D eigenvalue weighted by atomic mass is 16.4. The molecule has 2 aliphatic rings. The van der Waals surface area contributed by atoms with Crippen LogP contribution in [0.25, 0.3) is 0 Å². The van der Waals surface area contributed by atoms with E-state index in [1.165, 1.54) is 0 Å². The number of aliphatic hydroxyl groups is 1. The Morgan fingerprint density at radius 1 is 1.70 bits per heavy atom. The summed E-state index contributed by atoms with van der Waals surface area (Å²) in [5.41, 5.74) is -0.751. The van der Waals surface area contributed by atoms with Crippen molar-refractivity contribution in [2.75, 3.05) is 6.54 Å². The molecule has 10 heavy (non-hydrogen) atoms. The zero-order chi connectivity index (χ0) is 7.35. The van der Waals surface area contributed by atoms with E-state index in [0.717, 1.165) is 0 Å². The number of aliphatic carboxylic acids is 1. The fourth-order valence-corrected chi connectivity index (χ4v) is 1.71. The Morgan fingerprint density at radius 3 is 2.60 bits per heavy atom. The minimum atomic E-state index is -0.825. The summed E-state index contributed by atoms with van der Waals surface area (Å²) < 4.78 is 0. The van der Waals surface area contributed by atoms with Crippen molar-refractivity contribution in [3.63, 3.8) is 0 Å². The summed E-state index contributed by atoms with van der Waals surface area (Å²) in [6, 6.07) is 0. The third kappa shape index (κ3) is 0.507. The number of carboxylic acids is 1. The summed E-state index contributed by atoms with van der Waals surface area (Å²) in [5, 5.41) is 20.6. The van der Waals surface area contributed by atoms with Crippen LogP contribution in [0.2, 0.25) is 0 Å². The van der Waals surface area contributed by atoms with Crippen LogP contribution in [0.4, 0.5) is 0 Å². The minimum absolute atomic E-state index is 0.0370. The van der Waals surface area contributed by atoms with Gasteiger partial charge in [0.15, 0.2) is 0 Å². The first-order chi connectivity index (χ1) is 4.67. The molecule has 1 saturated carbocycles. The Bertz CT molecular complexity index is 193. The summed E-state index contributed by atoms with van der Waals surface area (Å²) in [7, 11) is 0. The molecular formula is C6H9NO3. The Balaban J connectivity index is 2.18. The van der Waals surface area contributed by atoms with Gasteiger partial charge < -0.3 is 10.2 Å². The second-order valence-electron chi connectivity index (χ2n) is 3.04. The quantitative estimate of drug-likeness (QED) is 0.431. The number of rotatable bonds is 1. The Morgan fingerprint density at radius 2 is 2.40 bits per heavy atom. The van der Waals surface area contributed by atoms with Gasteiger partial charge in [-0.1, -0.05) is 0 Å². The monoisotopic (exact) mass is 143 g/mol. The average Bonchev–Trinajstić information content (AvgIpc) is 2.52. The minimum Gasteiger partial charge on any atom is -0.480 e. The van der Waals surface area contributed by atoms with Crippen LogP contribution >= 0.6 is 0 Å². The van der Waals surface area contributed by atoms with Crippen LogP contribution in [0, 0.1) is 5.92 Å². The van der Waals surface area contributed by atoms with Crippen LogP contribution in [0.1, 0.15) is 6.42 Å². The smallest absolute Gasteiger partial charge is 0.324 e.